The van der Waals surface area contributed by atoms with Crippen LogP contribution in [0.4, 0.5) is 0 Å². The fraction of sp³-hybridized carbons (Fsp3) is 0.467. The van der Waals surface area contributed by atoms with Crippen LogP contribution in [0.2, 0.25) is 0 Å². The molecule has 0 saturated carbocycles. The fourth-order valence-corrected chi connectivity index (χ4v) is 1.58. The number of aryl methyl sites for hydroxylation is 2. The lowest BCUT2D eigenvalue weighted by Gasteiger charge is -2.01. The summed E-state index contributed by atoms with van der Waals surface area (Å²) < 4.78 is 0. The Morgan fingerprint density at radius 3 is 2.00 bits per heavy atom. The van der Waals surface area contributed by atoms with Gasteiger partial charge >= 0.3 is 0 Å². The lowest BCUT2D eigenvalue weighted by molar-refractivity contribution is 0.918. The van der Waals surface area contributed by atoms with Crippen molar-refractivity contribution in [1.82, 2.24) is 0 Å². The molecule has 0 saturated heterocycles. The molecule has 1 aromatic carbocycles. The molecule has 0 heterocycles. The van der Waals surface area contributed by atoms with Crippen LogP contribution in [0.3, 0.4) is 0 Å². The zero-order chi connectivity index (χ0) is 10.9. The van der Waals surface area contributed by atoms with Gasteiger partial charge in [-0.15, -0.1) is 11.8 Å². The Balaban J connectivity index is 2.42. The Morgan fingerprint density at radius 2 is 1.47 bits per heavy atom. The van der Waals surface area contributed by atoms with Crippen LogP contribution in [0, 0.1) is 11.8 Å². The van der Waals surface area contributed by atoms with E-state index in [-0.39, 0.29) is 0 Å². The first-order valence-corrected chi connectivity index (χ1v) is 5.90. The summed E-state index contributed by atoms with van der Waals surface area (Å²) in [6, 6.07) is 8.95. The molecule has 0 fully saturated rings. The largest absolute Gasteiger partial charge is 0.104 e. The van der Waals surface area contributed by atoms with Crippen LogP contribution in [0.15, 0.2) is 24.3 Å². The molecule has 0 spiro atoms. The molecule has 0 aliphatic rings. The molecule has 0 aliphatic carbocycles. The Morgan fingerprint density at radius 1 is 0.867 bits per heavy atom. The van der Waals surface area contributed by atoms with Crippen LogP contribution < -0.4 is 0 Å². The van der Waals surface area contributed by atoms with Crippen molar-refractivity contribution in [3.63, 3.8) is 0 Å². The summed E-state index contributed by atoms with van der Waals surface area (Å²) in [7, 11) is 0. The van der Waals surface area contributed by atoms with Crippen molar-refractivity contribution in [1.29, 1.82) is 0 Å². The van der Waals surface area contributed by atoms with E-state index in [0.29, 0.717) is 0 Å². The van der Waals surface area contributed by atoms with Crippen molar-refractivity contribution >= 4 is 0 Å². The lowest BCUT2D eigenvalue weighted by Crippen LogP contribution is -1.86. The van der Waals surface area contributed by atoms with Crippen LogP contribution in [-0.4, -0.2) is 0 Å². The molecule has 0 radical (unpaired) electrons. The highest BCUT2D eigenvalue weighted by Gasteiger charge is 1.93. The second-order valence-electron chi connectivity index (χ2n) is 3.77. The highest BCUT2D eigenvalue weighted by molar-refractivity contribution is 5.23. The average molecular weight is 200 g/mol. The van der Waals surface area contributed by atoms with Gasteiger partial charge in [0.1, 0.15) is 0 Å². The molecule has 0 unspecified atom stereocenters. The minimum atomic E-state index is 0.968. The van der Waals surface area contributed by atoms with Gasteiger partial charge in [0, 0.05) is 12.8 Å². The van der Waals surface area contributed by atoms with E-state index < -0.39 is 0 Å². The van der Waals surface area contributed by atoms with E-state index in [9.17, 15) is 0 Å². The number of hydrogen-bond acceptors (Lipinski definition) is 0. The van der Waals surface area contributed by atoms with Crippen LogP contribution in [0.25, 0.3) is 0 Å². The van der Waals surface area contributed by atoms with Gasteiger partial charge in [-0.25, -0.2) is 0 Å². The van der Waals surface area contributed by atoms with Crippen LogP contribution in [0.1, 0.15) is 44.2 Å². The summed E-state index contributed by atoms with van der Waals surface area (Å²) in [4.78, 5) is 0. The van der Waals surface area contributed by atoms with Gasteiger partial charge < -0.3 is 0 Å². The summed E-state index contributed by atoms with van der Waals surface area (Å²) >= 11 is 0. The predicted octanol–water partition coefficient (Wildman–Crippen LogP) is 3.99. The SMILES string of the molecule is CCC#CCCc1ccc(CCC)cc1. The van der Waals surface area contributed by atoms with Crippen molar-refractivity contribution < 1.29 is 0 Å². The predicted molar refractivity (Wildman–Crippen MR) is 66.8 cm³/mol. The zero-order valence-electron chi connectivity index (χ0n) is 9.84. The van der Waals surface area contributed by atoms with E-state index in [1.165, 1.54) is 24.0 Å². The maximum atomic E-state index is 3.17. The average Bonchev–Trinajstić information content (AvgIpc) is 2.27. The van der Waals surface area contributed by atoms with Gasteiger partial charge in [0.25, 0.3) is 0 Å². The fourth-order valence-electron chi connectivity index (χ4n) is 1.58. The maximum absolute atomic E-state index is 3.17. The number of rotatable bonds is 4. The lowest BCUT2D eigenvalue weighted by atomic mass is 10.1. The maximum Gasteiger partial charge on any atom is 0.0129 e. The van der Waals surface area contributed by atoms with E-state index in [1.807, 2.05) is 0 Å². The smallest absolute Gasteiger partial charge is 0.0129 e. The van der Waals surface area contributed by atoms with E-state index >= 15 is 0 Å². The molecule has 0 amide bonds. The van der Waals surface area contributed by atoms with Crippen LogP contribution in [0.5, 0.6) is 0 Å². The molecule has 0 nitrogen and oxygen atoms in total. The van der Waals surface area contributed by atoms with Crippen molar-refractivity contribution in [3.05, 3.63) is 35.4 Å². The third-order valence-corrected chi connectivity index (χ3v) is 2.40. The summed E-state index contributed by atoms with van der Waals surface area (Å²) in [6.45, 7) is 4.31. The van der Waals surface area contributed by atoms with Crippen LogP contribution >= 0.6 is 0 Å². The normalized spacial score (nSPS) is 9.47. The Kier molecular flexibility index (Phi) is 5.63. The van der Waals surface area contributed by atoms with Gasteiger partial charge in [-0.1, -0.05) is 44.5 Å². The highest BCUT2D eigenvalue weighted by Crippen LogP contribution is 2.08. The summed E-state index contributed by atoms with van der Waals surface area (Å²) in [6.07, 6.45) is 5.45. The first-order valence-electron chi connectivity index (χ1n) is 5.90. The van der Waals surface area contributed by atoms with E-state index in [4.69, 9.17) is 0 Å². The minimum Gasteiger partial charge on any atom is -0.104 e. The van der Waals surface area contributed by atoms with Gasteiger partial charge in [-0.3, -0.25) is 0 Å². The molecule has 0 heteroatoms. The summed E-state index contributed by atoms with van der Waals surface area (Å²) in [5, 5.41) is 0. The van der Waals surface area contributed by atoms with Crippen molar-refractivity contribution in [3.8, 4) is 11.8 Å². The topological polar surface area (TPSA) is 0 Å². The first kappa shape index (κ1) is 11.9. The van der Waals surface area contributed by atoms with Crippen molar-refractivity contribution in [2.75, 3.05) is 0 Å². The molecule has 80 valence electrons. The number of benzene rings is 1. The Labute approximate surface area is 93.7 Å². The van der Waals surface area contributed by atoms with Crippen molar-refractivity contribution in [2.45, 2.75) is 46.0 Å². The monoisotopic (exact) mass is 200 g/mol. The van der Waals surface area contributed by atoms with Crippen LogP contribution in [-0.2, 0) is 12.8 Å². The molecule has 1 aromatic rings. The second-order valence-corrected chi connectivity index (χ2v) is 3.77. The van der Waals surface area contributed by atoms with Gasteiger partial charge in [0.05, 0.1) is 0 Å². The standard InChI is InChI=1S/C15H20/c1-3-5-6-7-9-15-12-10-14(8-4-2)11-13-15/h10-13H,3-4,7-9H2,1-2H3. The molecule has 15 heavy (non-hydrogen) atoms. The Bertz CT molecular complexity index is 321. The quantitative estimate of drug-likeness (QED) is 0.645. The molecular formula is C15H20. The minimum absolute atomic E-state index is 0.968. The van der Waals surface area contributed by atoms with E-state index in [1.54, 1.807) is 0 Å². The molecule has 0 atom stereocenters. The van der Waals surface area contributed by atoms with Crippen molar-refractivity contribution in [2.24, 2.45) is 0 Å². The molecule has 0 aromatic heterocycles. The van der Waals surface area contributed by atoms with Gasteiger partial charge in [-0.05, 0) is 24.0 Å². The Hall–Kier alpha value is -1.22. The molecule has 1 rings (SSSR count). The highest BCUT2D eigenvalue weighted by atomic mass is 14.0. The molecular weight excluding hydrogens is 180 g/mol. The van der Waals surface area contributed by atoms with Gasteiger partial charge in [0.2, 0.25) is 0 Å². The molecule has 0 N–H and O–H groups in total. The summed E-state index contributed by atoms with van der Waals surface area (Å²) in [5.41, 5.74) is 2.85. The van der Waals surface area contributed by atoms with Gasteiger partial charge in [0.15, 0.2) is 0 Å². The molecule has 0 aliphatic heterocycles. The van der Waals surface area contributed by atoms with E-state index in [2.05, 4.69) is 50.0 Å². The van der Waals surface area contributed by atoms with Gasteiger partial charge in [-0.2, -0.15) is 0 Å². The third kappa shape index (κ3) is 4.70. The van der Waals surface area contributed by atoms with E-state index in [0.717, 1.165) is 19.3 Å². The molecule has 0 bridgehead atoms. The summed E-state index contributed by atoms with van der Waals surface area (Å²) in [5.74, 6) is 6.27. The second kappa shape index (κ2) is 7.12. The third-order valence-electron chi connectivity index (χ3n) is 2.40. The number of hydrogen-bond donors (Lipinski definition) is 0. The zero-order valence-corrected chi connectivity index (χ0v) is 9.84. The first-order chi connectivity index (χ1) is 7.36.